The minimum absolute atomic E-state index is 0.0312. The maximum absolute atomic E-state index is 14.2. The maximum atomic E-state index is 14.2. The van der Waals surface area contributed by atoms with Gasteiger partial charge in [-0.3, -0.25) is 9.59 Å². The number of nitrogens with zero attached hydrogens (tertiary/aromatic N) is 3. The summed E-state index contributed by atoms with van der Waals surface area (Å²) in [5.74, 6) is -2.83. The highest BCUT2D eigenvalue weighted by Crippen LogP contribution is 2.26. The molecule has 0 fully saturated rings. The van der Waals surface area contributed by atoms with Crippen LogP contribution in [0, 0.1) is 11.6 Å². The topological polar surface area (TPSA) is 94.7 Å². The van der Waals surface area contributed by atoms with Crippen molar-refractivity contribution in [1.82, 2.24) is 20.2 Å². The van der Waals surface area contributed by atoms with Crippen LogP contribution in [0.5, 0.6) is 0 Å². The molecule has 0 saturated heterocycles. The Labute approximate surface area is 167 Å². The van der Waals surface area contributed by atoms with Crippen molar-refractivity contribution in [3.63, 3.8) is 0 Å². The van der Waals surface area contributed by atoms with E-state index in [4.69, 9.17) is 11.6 Å². The van der Waals surface area contributed by atoms with E-state index in [9.17, 15) is 18.4 Å². The summed E-state index contributed by atoms with van der Waals surface area (Å²) < 4.78 is 27.8. The lowest BCUT2D eigenvalue weighted by Gasteiger charge is -2.23. The van der Waals surface area contributed by atoms with Gasteiger partial charge in [0.1, 0.15) is 6.33 Å². The number of aromatic nitrogens is 4. The number of carbonyl (C=O) groups is 1. The van der Waals surface area contributed by atoms with Crippen LogP contribution < -0.4 is 10.5 Å². The summed E-state index contributed by atoms with van der Waals surface area (Å²) in [6.45, 7) is -0.120. The number of pyridine rings is 1. The van der Waals surface area contributed by atoms with Crippen molar-refractivity contribution in [2.45, 2.75) is 6.54 Å². The molecule has 0 atom stereocenters. The quantitative estimate of drug-likeness (QED) is 0.534. The maximum Gasteiger partial charge on any atom is 0.296 e. The first-order valence-corrected chi connectivity index (χ1v) is 8.75. The standard InChI is InChI=1S/C19H12ClF2N5O2/c20-11-2-1-3-12(7-11)27(19(29)18-23-9-24-26-18)8-10-6-15(28)25-17-13(10)4-5-14(21)16(17)22/h1-7,9H,8H2,(H,25,28)(H,23,24,26). The van der Waals surface area contributed by atoms with Gasteiger partial charge in [-0.2, -0.15) is 0 Å². The fraction of sp³-hybridized carbons (Fsp3) is 0.0526. The van der Waals surface area contributed by atoms with Gasteiger partial charge in [0.25, 0.3) is 5.91 Å². The Morgan fingerprint density at radius 1 is 1.17 bits per heavy atom. The van der Waals surface area contributed by atoms with Gasteiger partial charge >= 0.3 is 0 Å². The number of amides is 1. The molecule has 2 aromatic carbocycles. The highest BCUT2D eigenvalue weighted by molar-refractivity contribution is 6.31. The number of H-pyrrole nitrogens is 2. The number of fused-ring (bicyclic) bond motifs is 1. The molecule has 2 heterocycles. The number of hydrogen-bond acceptors (Lipinski definition) is 4. The number of anilines is 1. The molecule has 0 aliphatic rings. The normalized spacial score (nSPS) is 11.0. The minimum atomic E-state index is -1.17. The Morgan fingerprint density at radius 3 is 2.72 bits per heavy atom. The van der Waals surface area contributed by atoms with Gasteiger partial charge in [0.05, 0.1) is 12.1 Å². The van der Waals surface area contributed by atoms with E-state index < -0.39 is 23.1 Å². The molecule has 2 aromatic heterocycles. The van der Waals surface area contributed by atoms with Crippen molar-refractivity contribution in [1.29, 1.82) is 0 Å². The molecular weight excluding hydrogens is 404 g/mol. The average molecular weight is 416 g/mol. The molecule has 7 nitrogen and oxygen atoms in total. The molecule has 0 unspecified atom stereocenters. The Balaban J connectivity index is 1.86. The summed E-state index contributed by atoms with van der Waals surface area (Å²) >= 11 is 6.06. The molecule has 0 bridgehead atoms. The second kappa shape index (κ2) is 7.44. The Hall–Kier alpha value is -3.59. The molecule has 0 spiro atoms. The van der Waals surface area contributed by atoms with Crippen LogP contribution in [0.1, 0.15) is 16.2 Å². The van der Waals surface area contributed by atoms with E-state index in [2.05, 4.69) is 20.2 Å². The average Bonchev–Trinajstić information content (AvgIpc) is 3.23. The molecule has 10 heteroatoms. The fourth-order valence-electron chi connectivity index (χ4n) is 3.00. The van der Waals surface area contributed by atoms with Crippen LogP contribution in [0.4, 0.5) is 14.5 Å². The van der Waals surface area contributed by atoms with Crippen molar-refractivity contribution < 1.29 is 13.6 Å². The predicted molar refractivity (Wildman–Crippen MR) is 103 cm³/mol. The van der Waals surface area contributed by atoms with E-state index >= 15 is 0 Å². The summed E-state index contributed by atoms with van der Waals surface area (Å²) in [6.07, 6.45) is 1.25. The van der Waals surface area contributed by atoms with Crippen molar-refractivity contribution in [2.75, 3.05) is 4.90 Å². The number of halogens is 3. The molecule has 29 heavy (non-hydrogen) atoms. The molecule has 4 aromatic rings. The SMILES string of the molecule is O=C(c1nnc[nH]1)N(Cc1cc(=O)[nH]c2c(F)c(F)ccc12)c1cccc(Cl)c1. The molecule has 0 saturated carbocycles. The first-order valence-electron chi connectivity index (χ1n) is 8.37. The summed E-state index contributed by atoms with van der Waals surface area (Å²) in [6, 6.07) is 10.0. The van der Waals surface area contributed by atoms with Gasteiger partial charge in [-0.15, -0.1) is 10.2 Å². The monoisotopic (exact) mass is 415 g/mol. The third kappa shape index (κ3) is 3.59. The van der Waals surface area contributed by atoms with E-state index in [0.29, 0.717) is 16.3 Å². The van der Waals surface area contributed by atoms with Gasteiger partial charge < -0.3 is 14.9 Å². The molecule has 0 radical (unpaired) electrons. The summed E-state index contributed by atoms with van der Waals surface area (Å²) in [7, 11) is 0. The Bertz CT molecular complexity index is 1270. The number of aromatic amines is 2. The highest BCUT2D eigenvalue weighted by atomic mass is 35.5. The first kappa shape index (κ1) is 18.8. The Morgan fingerprint density at radius 2 is 2.00 bits per heavy atom. The zero-order valence-electron chi connectivity index (χ0n) is 14.6. The number of hydrogen-bond donors (Lipinski definition) is 2. The fourth-order valence-corrected chi connectivity index (χ4v) is 3.18. The molecular formula is C19H12ClF2N5O2. The molecule has 0 aliphatic carbocycles. The summed E-state index contributed by atoms with van der Waals surface area (Å²) in [4.78, 5) is 31.3. The van der Waals surface area contributed by atoms with Crippen LogP contribution in [-0.2, 0) is 6.54 Å². The zero-order chi connectivity index (χ0) is 20.5. The summed E-state index contributed by atoms with van der Waals surface area (Å²) in [5, 5.41) is 7.98. The van der Waals surface area contributed by atoms with Crippen molar-refractivity contribution in [2.24, 2.45) is 0 Å². The van der Waals surface area contributed by atoms with Gasteiger partial charge in [-0.1, -0.05) is 17.7 Å². The van der Waals surface area contributed by atoms with E-state index in [1.54, 1.807) is 24.3 Å². The van der Waals surface area contributed by atoms with Crippen LogP contribution in [0.15, 0.2) is 53.6 Å². The van der Waals surface area contributed by atoms with Crippen LogP contribution in [0.2, 0.25) is 5.02 Å². The third-order valence-electron chi connectivity index (χ3n) is 4.31. The zero-order valence-corrected chi connectivity index (χ0v) is 15.4. The molecule has 0 aliphatic heterocycles. The largest absolute Gasteiger partial charge is 0.323 e. The van der Waals surface area contributed by atoms with E-state index in [0.717, 1.165) is 6.07 Å². The van der Waals surface area contributed by atoms with E-state index in [1.807, 2.05) is 0 Å². The molecule has 146 valence electrons. The minimum Gasteiger partial charge on any atom is -0.323 e. The van der Waals surface area contributed by atoms with Gasteiger partial charge in [0.15, 0.2) is 11.6 Å². The van der Waals surface area contributed by atoms with Crippen LogP contribution in [0.25, 0.3) is 10.9 Å². The number of rotatable bonds is 4. The molecule has 4 rings (SSSR count). The van der Waals surface area contributed by atoms with Gasteiger partial charge in [0, 0.05) is 22.2 Å². The highest BCUT2D eigenvalue weighted by Gasteiger charge is 2.23. The van der Waals surface area contributed by atoms with Crippen LogP contribution in [0.3, 0.4) is 0 Å². The van der Waals surface area contributed by atoms with Crippen molar-refractivity contribution in [3.8, 4) is 0 Å². The number of carbonyl (C=O) groups excluding carboxylic acids is 1. The van der Waals surface area contributed by atoms with E-state index in [-0.39, 0.29) is 23.3 Å². The second-order valence-corrected chi connectivity index (χ2v) is 6.59. The second-order valence-electron chi connectivity index (χ2n) is 6.15. The lowest BCUT2D eigenvalue weighted by atomic mass is 10.1. The van der Waals surface area contributed by atoms with Crippen LogP contribution in [-0.4, -0.2) is 26.1 Å². The summed E-state index contributed by atoms with van der Waals surface area (Å²) in [5.41, 5.74) is -0.161. The first-order chi connectivity index (χ1) is 13.9. The van der Waals surface area contributed by atoms with Gasteiger partial charge in [-0.05, 0) is 35.9 Å². The molecule has 1 amide bonds. The van der Waals surface area contributed by atoms with Gasteiger partial charge in [0.2, 0.25) is 11.4 Å². The number of benzene rings is 2. The lowest BCUT2D eigenvalue weighted by Crippen LogP contribution is -2.32. The number of nitrogens with one attached hydrogen (secondary N) is 2. The Kier molecular flexibility index (Phi) is 4.81. The predicted octanol–water partition coefficient (Wildman–Crippen LogP) is 3.42. The lowest BCUT2D eigenvalue weighted by molar-refractivity contribution is 0.0975. The van der Waals surface area contributed by atoms with Gasteiger partial charge in [-0.25, -0.2) is 8.78 Å². The third-order valence-corrected chi connectivity index (χ3v) is 4.54. The smallest absolute Gasteiger partial charge is 0.296 e. The molecule has 2 N–H and O–H groups in total. The van der Waals surface area contributed by atoms with Crippen LogP contribution >= 0.6 is 11.6 Å². The van der Waals surface area contributed by atoms with Crippen molar-refractivity contribution >= 4 is 34.1 Å². The van der Waals surface area contributed by atoms with E-state index in [1.165, 1.54) is 23.4 Å². The van der Waals surface area contributed by atoms with Crippen molar-refractivity contribution in [3.05, 3.63) is 87.2 Å².